The van der Waals surface area contributed by atoms with Gasteiger partial charge >= 0.3 is 25.9 Å². The zero-order valence-corrected chi connectivity index (χ0v) is 11.6. The lowest BCUT2D eigenvalue weighted by molar-refractivity contribution is -0.140. The van der Waals surface area contributed by atoms with E-state index in [1.165, 1.54) is 18.2 Å². The molecule has 0 aliphatic heterocycles. The molecule has 0 amide bonds. The molecule has 0 spiro atoms. The molecule has 1 rings (SSSR count). The van der Waals surface area contributed by atoms with Crippen LogP contribution >= 0.6 is 8.03 Å². The summed E-state index contributed by atoms with van der Waals surface area (Å²) in [6.45, 7) is -1.49. The molecular weight excluding hydrogens is 303 g/mol. The third kappa shape index (κ3) is 6.11. The minimum atomic E-state index is -2.31. The first-order valence-electron chi connectivity index (χ1n) is 5.66. The van der Waals surface area contributed by atoms with Gasteiger partial charge in [-0.15, -0.1) is 4.52 Å². The van der Waals surface area contributed by atoms with Crippen LogP contribution in [0.1, 0.15) is 15.9 Å². The van der Waals surface area contributed by atoms with Gasteiger partial charge in [0.2, 0.25) is 6.16 Å². The first kappa shape index (κ1) is 16.7. The van der Waals surface area contributed by atoms with E-state index < -0.39 is 39.1 Å². The van der Waals surface area contributed by atoms with Gasteiger partial charge in [0.05, 0.1) is 5.56 Å². The van der Waals surface area contributed by atoms with Gasteiger partial charge in [0.15, 0.2) is 13.2 Å². The molecule has 1 aromatic rings. The van der Waals surface area contributed by atoms with Crippen LogP contribution in [-0.4, -0.2) is 41.3 Å². The Labute approximate surface area is 120 Å². The van der Waals surface area contributed by atoms with Crippen LogP contribution in [0.15, 0.2) is 24.3 Å². The largest absolute Gasteiger partial charge is 0.513 e. The summed E-state index contributed by atoms with van der Waals surface area (Å²) >= 11 is 0. The minimum Gasteiger partial charge on any atom is -0.479 e. The fourth-order valence-electron chi connectivity index (χ4n) is 1.37. The van der Waals surface area contributed by atoms with Crippen LogP contribution in [0.5, 0.6) is 0 Å². The average Bonchev–Trinajstić information content (AvgIpc) is 2.43. The molecule has 2 N–H and O–H groups in total. The van der Waals surface area contributed by atoms with Crippen LogP contribution in [0, 0.1) is 0 Å². The number of benzene rings is 1. The van der Waals surface area contributed by atoms with Gasteiger partial charge in [0, 0.05) is 5.56 Å². The highest BCUT2D eigenvalue weighted by Crippen LogP contribution is 2.29. The summed E-state index contributed by atoms with van der Waals surface area (Å²) < 4.78 is 20.7. The Bertz CT molecular complexity index is 568. The summed E-state index contributed by atoms with van der Waals surface area (Å²) in [5.41, 5.74) is 0.375. The number of esters is 1. The topological polar surface area (TPSA) is 127 Å². The highest BCUT2D eigenvalue weighted by atomic mass is 31.1. The van der Waals surface area contributed by atoms with Crippen LogP contribution in [0.4, 0.5) is 0 Å². The molecule has 0 saturated carbocycles. The van der Waals surface area contributed by atoms with Crippen LogP contribution in [0.25, 0.3) is 0 Å². The molecule has 0 bridgehead atoms. The molecule has 1 unspecified atom stereocenters. The molecule has 0 aliphatic rings. The van der Waals surface area contributed by atoms with Gasteiger partial charge in [-0.05, 0) is 10.6 Å². The predicted octanol–water partition coefficient (Wildman–Crippen LogP) is 1.27. The first-order valence-corrected chi connectivity index (χ1v) is 7.02. The molecule has 0 radical (unpaired) electrons. The van der Waals surface area contributed by atoms with Crippen LogP contribution in [0.3, 0.4) is 0 Å². The van der Waals surface area contributed by atoms with E-state index in [0.717, 1.165) is 0 Å². The van der Waals surface area contributed by atoms with Gasteiger partial charge in [-0.1, -0.05) is 18.2 Å². The molecule has 0 aromatic heterocycles. The van der Waals surface area contributed by atoms with Crippen molar-refractivity contribution in [1.82, 2.24) is 0 Å². The molecule has 8 nitrogen and oxygen atoms in total. The Kier molecular flexibility index (Phi) is 6.45. The summed E-state index contributed by atoms with van der Waals surface area (Å²) in [4.78, 5) is 32.3. The Morgan fingerprint density at radius 2 is 1.67 bits per heavy atom. The van der Waals surface area contributed by atoms with Crippen LogP contribution in [-0.2, 0) is 29.6 Å². The molecule has 1 atom stereocenters. The second-order valence-corrected chi connectivity index (χ2v) is 5.02. The van der Waals surface area contributed by atoms with E-state index in [-0.39, 0.29) is 11.7 Å². The molecule has 0 fully saturated rings. The van der Waals surface area contributed by atoms with Crippen molar-refractivity contribution in [3.05, 3.63) is 35.4 Å². The molecule has 1 aromatic carbocycles. The van der Waals surface area contributed by atoms with Gasteiger partial charge in [0.25, 0.3) is 0 Å². The smallest absolute Gasteiger partial charge is 0.479 e. The SMILES string of the molecule is O=C(O)COC(=O)c1ccccc1C[P+](=O)OCC(=O)O. The van der Waals surface area contributed by atoms with Crippen molar-refractivity contribution in [3.63, 3.8) is 0 Å². The van der Waals surface area contributed by atoms with Crippen LogP contribution in [0.2, 0.25) is 0 Å². The number of carboxylic acid groups (broad SMARTS) is 2. The van der Waals surface area contributed by atoms with Crippen LogP contribution < -0.4 is 0 Å². The molecular formula is C12H12O8P+. The maximum Gasteiger partial charge on any atom is 0.513 e. The Morgan fingerprint density at radius 1 is 1.05 bits per heavy atom. The number of carboxylic acids is 2. The molecule has 112 valence electrons. The molecule has 21 heavy (non-hydrogen) atoms. The van der Waals surface area contributed by atoms with E-state index in [0.29, 0.717) is 5.56 Å². The normalized spacial score (nSPS) is 10.8. The zero-order chi connectivity index (χ0) is 15.8. The quantitative estimate of drug-likeness (QED) is 0.542. The predicted molar refractivity (Wildman–Crippen MR) is 69.3 cm³/mol. The number of carbonyl (C=O) groups is 3. The first-order chi connectivity index (χ1) is 9.90. The van der Waals surface area contributed by atoms with Crippen molar-refractivity contribution < 1.29 is 38.4 Å². The minimum absolute atomic E-state index is 0.0565. The highest BCUT2D eigenvalue weighted by Gasteiger charge is 2.24. The van der Waals surface area contributed by atoms with Gasteiger partial charge in [-0.2, -0.15) is 0 Å². The third-order valence-corrected chi connectivity index (χ3v) is 3.21. The maximum absolute atomic E-state index is 11.7. The lowest BCUT2D eigenvalue weighted by Gasteiger charge is -2.04. The van der Waals surface area contributed by atoms with E-state index in [9.17, 15) is 18.9 Å². The molecule has 0 heterocycles. The summed E-state index contributed by atoms with van der Waals surface area (Å²) in [5.74, 6) is -3.42. The average molecular weight is 315 g/mol. The standard InChI is InChI=1S/C12H11O8P/c13-10(14)5-19-12(17)9-4-2-1-3-8(9)7-21(18)20-6-11(15)16/h1-4H,5-7H2,(H-,13,14,15,16)/p+1. The molecule has 0 saturated heterocycles. The van der Waals surface area contributed by atoms with E-state index in [1.54, 1.807) is 6.07 Å². The van der Waals surface area contributed by atoms with E-state index in [2.05, 4.69) is 9.26 Å². The molecule has 9 heteroatoms. The number of ether oxygens (including phenoxy) is 1. The van der Waals surface area contributed by atoms with Crippen molar-refractivity contribution >= 4 is 25.9 Å². The van der Waals surface area contributed by atoms with E-state index in [4.69, 9.17) is 10.2 Å². The Morgan fingerprint density at radius 3 is 2.29 bits per heavy atom. The van der Waals surface area contributed by atoms with Gasteiger partial charge < -0.3 is 14.9 Å². The van der Waals surface area contributed by atoms with Crippen molar-refractivity contribution in [2.45, 2.75) is 6.16 Å². The zero-order valence-electron chi connectivity index (χ0n) is 10.7. The summed E-state index contributed by atoms with van der Waals surface area (Å²) in [7, 11) is -2.31. The number of hydrogen-bond donors (Lipinski definition) is 2. The Balaban J connectivity index is 2.74. The van der Waals surface area contributed by atoms with E-state index in [1.807, 2.05) is 0 Å². The second kappa shape index (κ2) is 8.08. The van der Waals surface area contributed by atoms with Crippen molar-refractivity contribution in [2.24, 2.45) is 0 Å². The molecule has 0 aliphatic carbocycles. The van der Waals surface area contributed by atoms with Gasteiger partial charge in [0.1, 0.15) is 0 Å². The Hall–Kier alpha value is -2.31. The van der Waals surface area contributed by atoms with Crippen molar-refractivity contribution in [2.75, 3.05) is 13.2 Å². The second-order valence-electron chi connectivity index (χ2n) is 3.79. The van der Waals surface area contributed by atoms with Gasteiger partial charge in [-0.3, -0.25) is 0 Å². The third-order valence-electron chi connectivity index (χ3n) is 2.20. The lowest BCUT2D eigenvalue weighted by Crippen LogP contribution is -2.14. The fraction of sp³-hybridized carbons (Fsp3) is 0.250. The number of hydrogen-bond acceptors (Lipinski definition) is 6. The van der Waals surface area contributed by atoms with Gasteiger partial charge in [-0.25, -0.2) is 14.4 Å². The fourth-order valence-corrected chi connectivity index (χ4v) is 2.27. The van der Waals surface area contributed by atoms with Crippen molar-refractivity contribution in [3.8, 4) is 0 Å². The number of aliphatic carboxylic acids is 2. The summed E-state index contributed by atoms with van der Waals surface area (Å²) in [5, 5.41) is 16.9. The van der Waals surface area contributed by atoms with Crippen molar-refractivity contribution in [1.29, 1.82) is 0 Å². The lowest BCUT2D eigenvalue weighted by atomic mass is 10.1. The number of rotatable bonds is 8. The highest BCUT2D eigenvalue weighted by molar-refractivity contribution is 7.38. The monoisotopic (exact) mass is 315 g/mol. The summed E-state index contributed by atoms with van der Waals surface area (Å²) in [6.07, 6.45) is -0.180. The maximum atomic E-state index is 11.7. The van der Waals surface area contributed by atoms with E-state index >= 15 is 0 Å². The number of carbonyl (C=O) groups excluding carboxylic acids is 1. The summed E-state index contributed by atoms with van der Waals surface area (Å²) in [6, 6.07) is 6.00.